The van der Waals surface area contributed by atoms with E-state index in [2.05, 4.69) is 27.9 Å². The van der Waals surface area contributed by atoms with Crippen LogP contribution < -0.4 is 16.8 Å². The van der Waals surface area contributed by atoms with Gasteiger partial charge in [-0.15, -0.1) is 0 Å². The summed E-state index contributed by atoms with van der Waals surface area (Å²) in [6.07, 6.45) is 0. The summed E-state index contributed by atoms with van der Waals surface area (Å²) < 4.78 is 1.09. The molecular formula is C19H17IN4. The van der Waals surface area contributed by atoms with Crippen molar-refractivity contribution >= 4 is 51.2 Å². The predicted molar refractivity (Wildman–Crippen MR) is 111 cm³/mol. The van der Waals surface area contributed by atoms with E-state index in [4.69, 9.17) is 16.5 Å². The highest BCUT2D eigenvalue weighted by atomic mass is 127. The van der Waals surface area contributed by atoms with Gasteiger partial charge in [0, 0.05) is 9.13 Å². The molecule has 3 aromatic rings. The molecule has 4 nitrogen and oxygen atoms in total. The fraction of sp³-hybridized carbons (Fsp3) is 0. The molecule has 0 aromatic heterocycles. The zero-order valence-corrected chi connectivity index (χ0v) is 15.1. The van der Waals surface area contributed by atoms with E-state index in [9.17, 15) is 0 Å². The maximum atomic E-state index is 6.06. The van der Waals surface area contributed by atoms with Crippen molar-refractivity contribution in [3.63, 3.8) is 0 Å². The van der Waals surface area contributed by atoms with Crippen LogP contribution in [0.3, 0.4) is 0 Å². The van der Waals surface area contributed by atoms with Crippen LogP contribution in [0.1, 0.15) is 5.56 Å². The Morgan fingerprint density at radius 3 is 2.12 bits per heavy atom. The van der Waals surface area contributed by atoms with Gasteiger partial charge in [0.05, 0.1) is 22.7 Å². The van der Waals surface area contributed by atoms with Crippen molar-refractivity contribution in [3.8, 4) is 0 Å². The molecule has 0 saturated heterocycles. The number of nitrogens with two attached hydrogens (primary N) is 2. The monoisotopic (exact) mass is 428 g/mol. The molecule has 0 fully saturated rings. The van der Waals surface area contributed by atoms with Gasteiger partial charge in [0.1, 0.15) is 5.84 Å². The summed E-state index contributed by atoms with van der Waals surface area (Å²) in [7, 11) is 0. The Balaban J connectivity index is 2.10. The van der Waals surface area contributed by atoms with Crippen molar-refractivity contribution in [1.82, 2.24) is 0 Å². The van der Waals surface area contributed by atoms with E-state index >= 15 is 0 Å². The molecule has 0 amide bonds. The van der Waals surface area contributed by atoms with Crippen LogP contribution in [-0.2, 0) is 0 Å². The summed E-state index contributed by atoms with van der Waals surface area (Å²) in [6, 6.07) is 23.2. The van der Waals surface area contributed by atoms with Crippen molar-refractivity contribution in [1.29, 1.82) is 0 Å². The number of nitrogens with one attached hydrogen (secondary N) is 1. The molecule has 0 saturated carbocycles. The molecule has 3 aromatic carbocycles. The smallest absolute Gasteiger partial charge is 0.139 e. The first-order valence-electron chi connectivity index (χ1n) is 7.45. The Hall–Kier alpha value is -2.54. The second kappa shape index (κ2) is 7.35. The van der Waals surface area contributed by atoms with Gasteiger partial charge in [-0.1, -0.05) is 42.5 Å². The van der Waals surface area contributed by atoms with E-state index in [1.807, 2.05) is 72.8 Å². The number of halogens is 1. The number of nitrogens with zero attached hydrogens (tertiary/aromatic N) is 1. The molecule has 0 bridgehead atoms. The first kappa shape index (κ1) is 16.3. The lowest BCUT2D eigenvalue weighted by Gasteiger charge is -2.14. The van der Waals surface area contributed by atoms with Crippen molar-refractivity contribution in [2.75, 3.05) is 16.8 Å². The van der Waals surface area contributed by atoms with Gasteiger partial charge in [-0.25, -0.2) is 4.99 Å². The minimum absolute atomic E-state index is 0.628. The first-order chi connectivity index (χ1) is 11.6. The van der Waals surface area contributed by atoms with Gasteiger partial charge in [0.2, 0.25) is 0 Å². The zero-order chi connectivity index (χ0) is 16.9. The Labute approximate surface area is 154 Å². The minimum Gasteiger partial charge on any atom is -0.397 e. The lowest BCUT2D eigenvalue weighted by Crippen LogP contribution is -2.16. The summed E-state index contributed by atoms with van der Waals surface area (Å²) in [5.74, 6) is 0.704. The maximum Gasteiger partial charge on any atom is 0.139 e. The molecule has 5 N–H and O–H groups in total. The second-order valence-corrected chi connectivity index (χ2v) is 6.37. The van der Waals surface area contributed by atoms with E-state index in [1.54, 1.807) is 0 Å². The van der Waals surface area contributed by atoms with Crippen LogP contribution in [-0.4, -0.2) is 5.84 Å². The highest BCUT2D eigenvalue weighted by Gasteiger charge is 2.10. The van der Waals surface area contributed by atoms with Crippen LogP contribution in [0.2, 0.25) is 0 Å². The lowest BCUT2D eigenvalue weighted by atomic mass is 10.2. The largest absolute Gasteiger partial charge is 0.397 e. The third-order valence-corrected chi connectivity index (χ3v) is 4.45. The molecular weight excluding hydrogens is 411 g/mol. The molecule has 0 radical (unpaired) electrons. The Kier molecular flexibility index (Phi) is 5.00. The molecule has 0 unspecified atom stereocenters. The Morgan fingerprint density at radius 1 is 0.792 bits per heavy atom. The predicted octanol–water partition coefficient (Wildman–Crippen LogP) is 4.65. The fourth-order valence-corrected chi connectivity index (χ4v) is 2.90. The number of benzene rings is 3. The summed E-state index contributed by atoms with van der Waals surface area (Å²) >= 11 is 2.30. The fourth-order valence-electron chi connectivity index (χ4n) is 2.26. The molecule has 0 heterocycles. The van der Waals surface area contributed by atoms with Gasteiger partial charge in [-0.2, -0.15) is 0 Å². The minimum atomic E-state index is 0.628. The van der Waals surface area contributed by atoms with Crippen molar-refractivity contribution in [2.45, 2.75) is 0 Å². The summed E-state index contributed by atoms with van der Waals surface area (Å²) in [5.41, 5.74) is 15.9. The summed E-state index contributed by atoms with van der Waals surface area (Å²) in [5, 5.41) is 3.34. The molecule has 0 aliphatic heterocycles. The molecule has 0 aliphatic carbocycles. The van der Waals surface area contributed by atoms with Crippen molar-refractivity contribution < 1.29 is 0 Å². The highest BCUT2D eigenvalue weighted by molar-refractivity contribution is 14.1. The molecule has 0 spiro atoms. The van der Waals surface area contributed by atoms with E-state index in [1.165, 1.54) is 0 Å². The SMILES string of the molecule is Nc1ccccc1/N=C(/Nc1ccccc1N)c1ccccc1I. The van der Waals surface area contributed by atoms with E-state index in [0.717, 1.165) is 14.8 Å². The first-order valence-corrected chi connectivity index (χ1v) is 8.52. The zero-order valence-electron chi connectivity index (χ0n) is 12.9. The number of hydrogen-bond acceptors (Lipinski definition) is 3. The summed E-state index contributed by atoms with van der Waals surface area (Å²) in [4.78, 5) is 4.75. The number of para-hydroxylation sites is 4. The molecule has 24 heavy (non-hydrogen) atoms. The third kappa shape index (κ3) is 3.68. The van der Waals surface area contributed by atoms with Gasteiger partial charge < -0.3 is 16.8 Å². The molecule has 3 rings (SSSR count). The number of nitrogen functional groups attached to an aromatic ring is 2. The van der Waals surface area contributed by atoms with Crippen LogP contribution in [0.5, 0.6) is 0 Å². The van der Waals surface area contributed by atoms with Crippen LogP contribution >= 0.6 is 22.6 Å². The number of rotatable bonds is 3. The van der Waals surface area contributed by atoms with Gasteiger partial charge in [-0.3, -0.25) is 0 Å². The summed E-state index contributed by atoms with van der Waals surface area (Å²) in [6.45, 7) is 0. The molecule has 0 aliphatic rings. The highest BCUT2D eigenvalue weighted by Crippen LogP contribution is 2.25. The molecule has 120 valence electrons. The number of amidine groups is 1. The number of aliphatic imine (C=N–C) groups is 1. The quantitative estimate of drug-likeness (QED) is 0.246. The number of hydrogen-bond donors (Lipinski definition) is 3. The van der Waals surface area contributed by atoms with Crippen LogP contribution in [0, 0.1) is 3.57 Å². The average Bonchev–Trinajstić information content (AvgIpc) is 2.58. The van der Waals surface area contributed by atoms with Gasteiger partial charge in [-0.05, 0) is 52.9 Å². The van der Waals surface area contributed by atoms with Crippen LogP contribution in [0.4, 0.5) is 22.7 Å². The standard InChI is InChI=1S/C19H17IN4/c20-14-8-2-1-7-13(14)19(23-17-11-5-3-9-15(17)21)24-18-12-6-4-10-16(18)22/h1-12H,21-22H2,(H,23,24). The second-order valence-electron chi connectivity index (χ2n) is 5.21. The van der Waals surface area contributed by atoms with Crippen molar-refractivity contribution in [3.05, 3.63) is 81.9 Å². The van der Waals surface area contributed by atoms with Gasteiger partial charge in [0.15, 0.2) is 0 Å². The van der Waals surface area contributed by atoms with Crippen LogP contribution in [0.15, 0.2) is 77.8 Å². The van der Waals surface area contributed by atoms with Crippen molar-refractivity contribution in [2.24, 2.45) is 4.99 Å². The lowest BCUT2D eigenvalue weighted by molar-refractivity contribution is 1.45. The number of anilines is 3. The van der Waals surface area contributed by atoms with E-state index in [0.29, 0.717) is 22.9 Å². The average molecular weight is 428 g/mol. The van der Waals surface area contributed by atoms with E-state index in [-0.39, 0.29) is 0 Å². The van der Waals surface area contributed by atoms with Crippen LogP contribution in [0.25, 0.3) is 0 Å². The molecule has 0 atom stereocenters. The Bertz CT molecular complexity index is 890. The topological polar surface area (TPSA) is 76.4 Å². The van der Waals surface area contributed by atoms with Gasteiger partial charge >= 0.3 is 0 Å². The Morgan fingerprint density at radius 2 is 1.42 bits per heavy atom. The van der Waals surface area contributed by atoms with E-state index < -0.39 is 0 Å². The molecule has 5 heteroatoms. The maximum absolute atomic E-state index is 6.06. The normalized spacial score (nSPS) is 11.3. The third-order valence-electron chi connectivity index (χ3n) is 3.51. The van der Waals surface area contributed by atoms with Gasteiger partial charge in [0.25, 0.3) is 0 Å².